The van der Waals surface area contributed by atoms with Gasteiger partial charge in [0.2, 0.25) is 0 Å². The third kappa shape index (κ3) is 2.87. The number of carbonyl (C=O) groups is 1. The average Bonchev–Trinajstić information content (AvgIpc) is 2.95. The Bertz CT molecular complexity index is 326. The van der Waals surface area contributed by atoms with E-state index in [9.17, 15) is 4.79 Å². The Kier molecular flexibility index (Phi) is 3.25. The van der Waals surface area contributed by atoms with E-state index < -0.39 is 5.54 Å². The molecular formula is C15H27NO2. The SMILES string of the molecule is COC(=O)C1(NC2CC2)CC(C)(C)CC(C)(C)C1. The molecule has 0 aromatic heterocycles. The van der Waals surface area contributed by atoms with E-state index in [0.717, 1.165) is 19.3 Å². The van der Waals surface area contributed by atoms with Crippen LogP contribution in [-0.2, 0) is 9.53 Å². The lowest BCUT2D eigenvalue weighted by atomic mass is 9.58. The molecule has 104 valence electrons. The molecule has 3 heteroatoms. The minimum absolute atomic E-state index is 0.0738. The van der Waals surface area contributed by atoms with Crippen molar-refractivity contribution >= 4 is 5.97 Å². The second-order valence-electron chi connectivity index (χ2n) is 7.85. The maximum atomic E-state index is 12.3. The number of nitrogens with one attached hydrogen (secondary N) is 1. The molecule has 2 fully saturated rings. The Morgan fingerprint density at radius 1 is 1.06 bits per heavy atom. The van der Waals surface area contributed by atoms with E-state index in [1.54, 1.807) is 0 Å². The predicted octanol–water partition coefficient (Wildman–Crippen LogP) is 2.89. The first kappa shape index (κ1) is 13.9. The average molecular weight is 253 g/mol. The lowest BCUT2D eigenvalue weighted by Gasteiger charge is -2.50. The summed E-state index contributed by atoms with van der Waals surface area (Å²) in [6, 6.07) is 0.522. The Morgan fingerprint density at radius 2 is 1.56 bits per heavy atom. The lowest BCUT2D eigenvalue weighted by Crippen LogP contribution is -2.60. The third-order valence-corrected chi connectivity index (χ3v) is 4.15. The van der Waals surface area contributed by atoms with E-state index in [1.807, 2.05) is 0 Å². The van der Waals surface area contributed by atoms with Crippen LogP contribution in [0.4, 0.5) is 0 Å². The van der Waals surface area contributed by atoms with Crippen molar-refractivity contribution in [1.29, 1.82) is 0 Å². The van der Waals surface area contributed by atoms with Crippen LogP contribution in [0.15, 0.2) is 0 Å². The minimum Gasteiger partial charge on any atom is -0.468 e. The Labute approximate surface area is 111 Å². The highest BCUT2D eigenvalue weighted by Crippen LogP contribution is 2.51. The molecule has 0 aromatic rings. The molecule has 0 saturated heterocycles. The summed E-state index contributed by atoms with van der Waals surface area (Å²) in [5.41, 5.74) is -0.114. The lowest BCUT2D eigenvalue weighted by molar-refractivity contribution is -0.155. The van der Waals surface area contributed by atoms with Gasteiger partial charge < -0.3 is 4.74 Å². The molecule has 2 aliphatic carbocycles. The minimum atomic E-state index is -0.471. The van der Waals surface area contributed by atoms with Crippen LogP contribution in [0.25, 0.3) is 0 Å². The summed E-state index contributed by atoms with van der Waals surface area (Å²) in [6.07, 6.45) is 5.31. The molecule has 0 spiro atoms. The van der Waals surface area contributed by atoms with Gasteiger partial charge in [-0.2, -0.15) is 0 Å². The molecule has 2 saturated carbocycles. The number of carbonyl (C=O) groups excluding carboxylic acids is 1. The van der Waals surface area contributed by atoms with Crippen LogP contribution in [0.5, 0.6) is 0 Å². The molecule has 1 N–H and O–H groups in total. The van der Waals surface area contributed by atoms with E-state index in [0.29, 0.717) is 6.04 Å². The van der Waals surface area contributed by atoms with Gasteiger partial charge in [-0.05, 0) is 42.9 Å². The van der Waals surface area contributed by atoms with Gasteiger partial charge in [0.25, 0.3) is 0 Å². The van der Waals surface area contributed by atoms with Gasteiger partial charge in [0, 0.05) is 6.04 Å². The molecule has 0 unspecified atom stereocenters. The second kappa shape index (κ2) is 4.22. The van der Waals surface area contributed by atoms with Gasteiger partial charge in [-0.1, -0.05) is 27.7 Å². The van der Waals surface area contributed by atoms with E-state index in [2.05, 4.69) is 33.0 Å². The summed E-state index contributed by atoms with van der Waals surface area (Å²) in [7, 11) is 1.51. The topological polar surface area (TPSA) is 38.3 Å². The number of methoxy groups -OCH3 is 1. The van der Waals surface area contributed by atoms with Gasteiger partial charge >= 0.3 is 5.97 Å². The summed E-state index contributed by atoms with van der Waals surface area (Å²) < 4.78 is 5.11. The molecule has 0 atom stereocenters. The van der Waals surface area contributed by atoms with Gasteiger partial charge in [0.05, 0.1) is 7.11 Å². The van der Waals surface area contributed by atoms with Crippen molar-refractivity contribution in [2.75, 3.05) is 7.11 Å². The zero-order valence-electron chi connectivity index (χ0n) is 12.4. The number of esters is 1. The van der Waals surface area contributed by atoms with Crippen molar-refractivity contribution < 1.29 is 9.53 Å². The van der Waals surface area contributed by atoms with Crippen LogP contribution < -0.4 is 5.32 Å². The first-order valence-corrected chi connectivity index (χ1v) is 7.04. The summed E-state index contributed by atoms with van der Waals surface area (Å²) >= 11 is 0. The quantitative estimate of drug-likeness (QED) is 0.786. The van der Waals surface area contributed by atoms with E-state index in [-0.39, 0.29) is 16.8 Å². The van der Waals surface area contributed by atoms with Crippen molar-refractivity contribution in [2.24, 2.45) is 10.8 Å². The maximum absolute atomic E-state index is 12.3. The molecule has 0 heterocycles. The van der Waals surface area contributed by atoms with Gasteiger partial charge in [-0.3, -0.25) is 10.1 Å². The Balaban J connectivity index is 2.28. The maximum Gasteiger partial charge on any atom is 0.326 e. The monoisotopic (exact) mass is 253 g/mol. The normalized spacial score (nSPS) is 28.7. The Morgan fingerprint density at radius 3 is 1.94 bits per heavy atom. The van der Waals surface area contributed by atoms with Crippen molar-refractivity contribution in [3.63, 3.8) is 0 Å². The van der Waals surface area contributed by atoms with Gasteiger partial charge in [0.15, 0.2) is 0 Å². The third-order valence-electron chi connectivity index (χ3n) is 4.15. The van der Waals surface area contributed by atoms with Gasteiger partial charge in [-0.25, -0.2) is 0 Å². The highest BCUT2D eigenvalue weighted by atomic mass is 16.5. The van der Waals surface area contributed by atoms with Gasteiger partial charge in [-0.15, -0.1) is 0 Å². The molecule has 2 rings (SSSR count). The van der Waals surface area contributed by atoms with Crippen molar-refractivity contribution in [3.05, 3.63) is 0 Å². The van der Waals surface area contributed by atoms with Gasteiger partial charge in [0.1, 0.15) is 5.54 Å². The second-order valence-corrected chi connectivity index (χ2v) is 7.85. The van der Waals surface area contributed by atoms with E-state index >= 15 is 0 Å². The largest absolute Gasteiger partial charge is 0.468 e. The van der Waals surface area contributed by atoms with Crippen LogP contribution in [0.1, 0.15) is 59.8 Å². The zero-order chi connectivity index (χ0) is 13.6. The fourth-order valence-electron chi connectivity index (χ4n) is 4.24. The van der Waals surface area contributed by atoms with Crippen molar-refractivity contribution in [3.8, 4) is 0 Å². The highest BCUT2D eigenvalue weighted by Gasteiger charge is 2.53. The fraction of sp³-hybridized carbons (Fsp3) is 0.933. The molecule has 18 heavy (non-hydrogen) atoms. The number of hydrogen-bond donors (Lipinski definition) is 1. The highest BCUT2D eigenvalue weighted by molar-refractivity contribution is 5.81. The Hall–Kier alpha value is -0.570. The smallest absolute Gasteiger partial charge is 0.326 e. The van der Waals surface area contributed by atoms with Crippen LogP contribution in [0.3, 0.4) is 0 Å². The fourth-order valence-corrected chi connectivity index (χ4v) is 4.24. The summed E-state index contributed by atoms with van der Waals surface area (Å²) in [5.74, 6) is -0.0738. The summed E-state index contributed by atoms with van der Waals surface area (Å²) in [6.45, 7) is 9.06. The standard InChI is InChI=1S/C15H27NO2/c1-13(2)8-14(3,4)10-15(9-13,12(17)18-5)16-11-6-7-11/h11,16H,6-10H2,1-5H3. The van der Waals surface area contributed by atoms with Crippen molar-refractivity contribution in [2.45, 2.75) is 71.4 Å². The first-order chi connectivity index (χ1) is 8.18. The van der Waals surface area contributed by atoms with Crippen LogP contribution in [0, 0.1) is 10.8 Å². The van der Waals surface area contributed by atoms with Crippen molar-refractivity contribution in [1.82, 2.24) is 5.32 Å². The zero-order valence-corrected chi connectivity index (χ0v) is 12.4. The number of hydrogen-bond acceptors (Lipinski definition) is 3. The molecule has 3 nitrogen and oxygen atoms in total. The number of rotatable bonds is 3. The molecule has 0 bridgehead atoms. The van der Waals surface area contributed by atoms with Crippen LogP contribution in [-0.4, -0.2) is 24.7 Å². The number of ether oxygens (including phenoxy) is 1. The molecule has 0 aromatic carbocycles. The summed E-state index contributed by atoms with van der Waals surface area (Å²) in [4.78, 5) is 12.3. The van der Waals surface area contributed by atoms with Crippen LogP contribution in [0.2, 0.25) is 0 Å². The van der Waals surface area contributed by atoms with E-state index in [4.69, 9.17) is 4.74 Å². The predicted molar refractivity (Wildman–Crippen MR) is 72.3 cm³/mol. The molecule has 2 aliphatic rings. The molecule has 0 amide bonds. The van der Waals surface area contributed by atoms with Crippen LogP contribution >= 0.6 is 0 Å². The summed E-state index contributed by atoms with van der Waals surface area (Å²) in [5, 5.41) is 3.59. The molecular weight excluding hydrogens is 226 g/mol. The molecule has 0 aliphatic heterocycles. The molecule has 0 radical (unpaired) electrons. The first-order valence-electron chi connectivity index (χ1n) is 7.04. The van der Waals surface area contributed by atoms with E-state index in [1.165, 1.54) is 20.0 Å².